The number of nitrogens with zero attached hydrogens (tertiary/aromatic N) is 2. The van der Waals surface area contributed by atoms with E-state index in [4.69, 9.17) is 4.98 Å². The second kappa shape index (κ2) is 7.96. The summed E-state index contributed by atoms with van der Waals surface area (Å²) in [5.74, 6) is 0.605. The highest BCUT2D eigenvalue weighted by molar-refractivity contribution is 8.00. The molecule has 140 valence electrons. The van der Waals surface area contributed by atoms with Gasteiger partial charge in [-0.2, -0.15) is 0 Å². The lowest BCUT2D eigenvalue weighted by Gasteiger charge is -2.18. The Labute approximate surface area is 161 Å². The van der Waals surface area contributed by atoms with Crippen molar-refractivity contribution in [1.82, 2.24) is 14.9 Å². The molecule has 26 heavy (non-hydrogen) atoms. The van der Waals surface area contributed by atoms with Crippen molar-refractivity contribution in [2.75, 3.05) is 6.54 Å². The molecular formula is C19H25N3O2S2. The molecule has 2 heterocycles. The Morgan fingerprint density at radius 2 is 2.35 bits per heavy atom. The minimum atomic E-state index is -0.315. The van der Waals surface area contributed by atoms with E-state index >= 15 is 0 Å². The van der Waals surface area contributed by atoms with Gasteiger partial charge in [-0.05, 0) is 44.6 Å². The fraction of sp³-hybridized carbons (Fsp3) is 0.526. The van der Waals surface area contributed by atoms with E-state index in [1.807, 2.05) is 13.8 Å². The summed E-state index contributed by atoms with van der Waals surface area (Å²) in [5.41, 5.74) is 1.18. The number of hydrogen-bond acceptors (Lipinski definition) is 5. The van der Waals surface area contributed by atoms with Crippen LogP contribution in [0.15, 0.2) is 22.6 Å². The summed E-state index contributed by atoms with van der Waals surface area (Å²) < 4.78 is 1.65. The average molecular weight is 392 g/mol. The molecule has 1 aliphatic rings. The third-order valence-electron chi connectivity index (χ3n) is 4.69. The number of thioether (sulfide) groups is 1. The lowest BCUT2D eigenvalue weighted by Crippen LogP contribution is -2.31. The summed E-state index contributed by atoms with van der Waals surface area (Å²) in [6, 6.07) is 0. The number of rotatable bonds is 6. The molecule has 3 rings (SSSR count). The van der Waals surface area contributed by atoms with Gasteiger partial charge in [0.2, 0.25) is 5.91 Å². The molecule has 0 fully saturated rings. The Morgan fingerprint density at radius 1 is 1.58 bits per heavy atom. The number of amides is 1. The van der Waals surface area contributed by atoms with Crippen molar-refractivity contribution in [1.29, 1.82) is 0 Å². The second-order valence-electron chi connectivity index (χ2n) is 6.79. The molecule has 2 aromatic heterocycles. The Morgan fingerprint density at radius 3 is 3.04 bits per heavy atom. The summed E-state index contributed by atoms with van der Waals surface area (Å²) in [4.78, 5) is 32.2. The molecule has 5 nitrogen and oxygen atoms in total. The highest BCUT2D eigenvalue weighted by Gasteiger charge is 2.25. The lowest BCUT2D eigenvalue weighted by atomic mass is 9.89. The fourth-order valence-electron chi connectivity index (χ4n) is 3.31. The number of aryl methyl sites for hydroxylation is 1. The molecule has 0 spiro atoms. The average Bonchev–Trinajstić information content (AvgIpc) is 2.95. The maximum absolute atomic E-state index is 13.2. The van der Waals surface area contributed by atoms with Crippen LogP contribution in [0.3, 0.4) is 0 Å². The molecule has 1 amide bonds. The van der Waals surface area contributed by atoms with Crippen LogP contribution < -0.4 is 10.9 Å². The molecule has 0 bridgehead atoms. The van der Waals surface area contributed by atoms with Crippen molar-refractivity contribution < 1.29 is 4.79 Å². The lowest BCUT2D eigenvalue weighted by molar-refractivity contribution is -0.120. The largest absolute Gasteiger partial charge is 0.355 e. The van der Waals surface area contributed by atoms with Crippen LogP contribution in [0, 0.1) is 5.92 Å². The van der Waals surface area contributed by atoms with Gasteiger partial charge in [0, 0.05) is 18.0 Å². The van der Waals surface area contributed by atoms with Gasteiger partial charge in [-0.1, -0.05) is 24.8 Å². The standard InChI is InChI=1S/C19H25N3O2S2/c1-5-9-22-18(24)15-13-8-7-11(3)10-14(13)26-17(15)21-19(22)25-12(4)16(23)20-6-2/h5,11-12H,1,6-10H2,2-4H3,(H,20,23)/t11-,12+/m1/s1. The first kappa shape index (κ1) is 19.2. The number of hydrogen-bond donors (Lipinski definition) is 1. The molecule has 1 aliphatic carbocycles. The Balaban J connectivity index is 2.08. The zero-order chi connectivity index (χ0) is 18.8. The predicted octanol–water partition coefficient (Wildman–Crippen LogP) is 3.39. The molecular weight excluding hydrogens is 366 g/mol. The molecule has 0 saturated heterocycles. The molecule has 0 radical (unpaired) electrons. The van der Waals surface area contributed by atoms with Gasteiger partial charge in [0.25, 0.3) is 5.56 Å². The smallest absolute Gasteiger partial charge is 0.263 e. The first-order valence-electron chi connectivity index (χ1n) is 9.06. The SMILES string of the molecule is C=CCn1c(S[C@@H](C)C(=O)NCC)nc2sc3c(c2c1=O)CC[C@@H](C)C3. The Hall–Kier alpha value is -1.60. The van der Waals surface area contributed by atoms with Crippen molar-refractivity contribution in [3.8, 4) is 0 Å². The third kappa shape index (κ3) is 3.60. The first-order chi connectivity index (χ1) is 12.5. The summed E-state index contributed by atoms with van der Waals surface area (Å²) in [6.45, 7) is 10.7. The van der Waals surface area contributed by atoms with Crippen LogP contribution in [0.1, 0.15) is 37.6 Å². The quantitative estimate of drug-likeness (QED) is 0.466. The topological polar surface area (TPSA) is 64.0 Å². The number of carbonyl (C=O) groups is 1. The van der Waals surface area contributed by atoms with Crippen LogP contribution in [0.2, 0.25) is 0 Å². The summed E-state index contributed by atoms with van der Waals surface area (Å²) in [7, 11) is 0. The van der Waals surface area contributed by atoms with E-state index < -0.39 is 0 Å². The van der Waals surface area contributed by atoms with Crippen molar-refractivity contribution in [2.45, 2.75) is 57.0 Å². The molecule has 2 aromatic rings. The molecule has 0 aromatic carbocycles. The molecule has 0 unspecified atom stereocenters. The maximum Gasteiger partial charge on any atom is 0.263 e. The van der Waals surface area contributed by atoms with Gasteiger partial charge in [-0.25, -0.2) is 4.98 Å². The van der Waals surface area contributed by atoms with E-state index in [0.717, 1.165) is 29.5 Å². The molecule has 0 saturated carbocycles. The van der Waals surface area contributed by atoms with Crippen molar-refractivity contribution in [3.63, 3.8) is 0 Å². The number of carbonyl (C=O) groups excluding carboxylic acids is 1. The fourth-order valence-corrected chi connectivity index (χ4v) is 5.68. The van der Waals surface area contributed by atoms with Crippen molar-refractivity contribution in [2.24, 2.45) is 5.92 Å². The highest BCUT2D eigenvalue weighted by atomic mass is 32.2. The Bertz CT molecular complexity index is 900. The van der Waals surface area contributed by atoms with E-state index in [-0.39, 0.29) is 16.7 Å². The second-order valence-corrected chi connectivity index (χ2v) is 9.18. The summed E-state index contributed by atoms with van der Waals surface area (Å²) in [5, 5.41) is 3.87. The van der Waals surface area contributed by atoms with Gasteiger partial charge in [0.1, 0.15) is 4.83 Å². The van der Waals surface area contributed by atoms with Crippen LogP contribution in [-0.4, -0.2) is 27.3 Å². The zero-order valence-electron chi connectivity index (χ0n) is 15.5. The van der Waals surface area contributed by atoms with E-state index in [0.29, 0.717) is 24.2 Å². The molecule has 7 heteroatoms. The normalized spacial score (nSPS) is 17.7. The van der Waals surface area contributed by atoms with Gasteiger partial charge < -0.3 is 5.32 Å². The Kier molecular flexibility index (Phi) is 5.87. The number of thiophene rings is 1. The summed E-state index contributed by atoms with van der Waals surface area (Å²) >= 11 is 2.97. The molecule has 1 N–H and O–H groups in total. The van der Waals surface area contributed by atoms with E-state index in [1.165, 1.54) is 22.2 Å². The number of aromatic nitrogens is 2. The van der Waals surface area contributed by atoms with E-state index in [2.05, 4.69) is 18.8 Å². The number of allylic oxidation sites excluding steroid dienone is 1. The van der Waals surface area contributed by atoms with Crippen molar-refractivity contribution >= 4 is 39.2 Å². The van der Waals surface area contributed by atoms with Crippen LogP contribution in [-0.2, 0) is 24.2 Å². The minimum absolute atomic E-state index is 0.00690. The summed E-state index contributed by atoms with van der Waals surface area (Å²) in [6.07, 6.45) is 4.79. The van der Waals surface area contributed by atoms with E-state index in [1.54, 1.807) is 22.0 Å². The van der Waals surface area contributed by atoms with Crippen LogP contribution in [0.4, 0.5) is 0 Å². The number of nitrogens with one attached hydrogen (secondary N) is 1. The minimum Gasteiger partial charge on any atom is -0.355 e. The van der Waals surface area contributed by atoms with Crippen LogP contribution >= 0.6 is 23.1 Å². The van der Waals surface area contributed by atoms with Gasteiger partial charge in [-0.3, -0.25) is 14.2 Å². The predicted molar refractivity (Wildman–Crippen MR) is 109 cm³/mol. The zero-order valence-corrected chi connectivity index (χ0v) is 17.1. The molecule has 0 aliphatic heterocycles. The number of fused-ring (bicyclic) bond motifs is 3. The first-order valence-corrected chi connectivity index (χ1v) is 10.8. The van der Waals surface area contributed by atoms with Gasteiger partial charge in [0.05, 0.1) is 10.6 Å². The molecule has 2 atom stereocenters. The van der Waals surface area contributed by atoms with Gasteiger partial charge >= 0.3 is 0 Å². The monoisotopic (exact) mass is 391 g/mol. The van der Waals surface area contributed by atoms with E-state index in [9.17, 15) is 9.59 Å². The van der Waals surface area contributed by atoms with Gasteiger partial charge in [-0.15, -0.1) is 17.9 Å². The van der Waals surface area contributed by atoms with Crippen LogP contribution in [0.5, 0.6) is 0 Å². The highest BCUT2D eigenvalue weighted by Crippen LogP contribution is 2.36. The van der Waals surface area contributed by atoms with Gasteiger partial charge in [0.15, 0.2) is 5.16 Å². The van der Waals surface area contributed by atoms with Crippen LogP contribution in [0.25, 0.3) is 10.2 Å². The van der Waals surface area contributed by atoms with Crippen molar-refractivity contribution in [3.05, 3.63) is 33.4 Å². The third-order valence-corrected chi connectivity index (χ3v) is 6.93. The maximum atomic E-state index is 13.2.